The van der Waals surface area contributed by atoms with Gasteiger partial charge in [-0.25, -0.2) is 18.1 Å². The molecule has 2 aromatic rings. The van der Waals surface area contributed by atoms with Crippen molar-refractivity contribution in [2.24, 2.45) is 0 Å². The number of hydrogen-bond acceptors (Lipinski definition) is 6. The third kappa shape index (κ3) is 3.46. The van der Waals surface area contributed by atoms with Crippen LogP contribution in [0.1, 0.15) is 40.0 Å². The maximum Gasteiger partial charge on any atom is 0.284 e. The molecule has 0 radical (unpaired) electrons. The summed E-state index contributed by atoms with van der Waals surface area (Å²) in [6.45, 7) is 2.29. The maximum atomic E-state index is 12.5. The van der Waals surface area contributed by atoms with Gasteiger partial charge in [-0.1, -0.05) is 23.7 Å². The monoisotopic (exact) mass is 386 g/mol. The number of sulfonamides is 1. The van der Waals surface area contributed by atoms with E-state index in [-0.39, 0.29) is 21.7 Å². The fourth-order valence-electron chi connectivity index (χ4n) is 2.49. The average molecular weight is 387 g/mol. The third-order valence-electron chi connectivity index (χ3n) is 3.62. The summed E-state index contributed by atoms with van der Waals surface area (Å²) >= 11 is 7.26. The molecule has 1 aromatic heterocycles. The number of rotatable bonds is 4. The van der Waals surface area contributed by atoms with Crippen molar-refractivity contribution in [3.63, 3.8) is 0 Å². The second kappa shape index (κ2) is 6.79. The van der Waals surface area contributed by atoms with Crippen LogP contribution in [0.2, 0.25) is 5.02 Å². The Hall–Kier alpha value is -1.48. The van der Waals surface area contributed by atoms with E-state index in [0.717, 1.165) is 12.8 Å². The predicted octanol–water partition coefficient (Wildman–Crippen LogP) is 3.08. The summed E-state index contributed by atoms with van der Waals surface area (Å²) in [6, 6.07) is 4.72. The van der Waals surface area contributed by atoms with Crippen molar-refractivity contribution in [3.05, 3.63) is 44.9 Å². The van der Waals surface area contributed by atoms with E-state index in [1.165, 1.54) is 22.8 Å². The number of hydrogen-bond donors (Lipinski definition) is 1. The summed E-state index contributed by atoms with van der Waals surface area (Å²) in [5.41, 5.74) is 0.514. The first-order valence-electron chi connectivity index (χ1n) is 7.28. The van der Waals surface area contributed by atoms with Crippen LogP contribution in [0.5, 0.6) is 0 Å². The molecule has 0 saturated carbocycles. The lowest BCUT2D eigenvalue weighted by atomic mass is 10.2. The van der Waals surface area contributed by atoms with Gasteiger partial charge in [-0.3, -0.25) is 4.79 Å². The van der Waals surface area contributed by atoms with Crippen LogP contribution in [-0.4, -0.2) is 25.9 Å². The molecule has 2 heterocycles. The van der Waals surface area contributed by atoms with Crippen LogP contribution in [-0.2, 0) is 14.8 Å². The van der Waals surface area contributed by atoms with E-state index in [4.69, 9.17) is 16.3 Å². The lowest BCUT2D eigenvalue weighted by Crippen LogP contribution is -2.31. The highest BCUT2D eigenvalue weighted by atomic mass is 35.5. The van der Waals surface area contributed by atoms with Gasteiger partial charge in [0, 0.05) is 12.0 Å². The summed E-state index contributed by atoms with van der Waals surface area (Å²) in [4.78, 5) is 16.4. The molecule has 1 aliphatic rings. The summed E-state index contributed by atoms with van der Waals surface area (Å²) in [5, 5.41) is 2.28. The van der Waals surface area contributed by atoms with Crippen molar-refractivity contribution in [2.75, 3.05) is 6.61 Å². The van der Waals surface area contributed by atoms with E-state index in [0.29, 0.717) is 17.2 Å². The number of ether oxygens (including phenoxy) is 1. The molecule has 1 saturated heterocycles. The molecule has 1 aromatic carbocycles. The number of carbonyl (C=O) groups excluding carboxylic acids is 1. The second-order valence-corrected chi connectivity index (χ2v) is 8.31. The zero-order chi connectivity index (χ0) is 17.3. The van der Waals surface area contributed by atoms with E-state index in [1.54, 1.807) is 19.1 Å². The standard InChI is InChI=1S/C15H15ClN2O4S2/c1-9-4-2-5-10(16)13(9)24(20,21)18-14(19)11-8-23-15(17-11)12-6-3-7-22-12/h2,4-5,8,12H,3,6-7H2,1H3,(H,18,19)/t12-/m0/s1. The molecule has 0 bridgehead atoms. The van der Waals surface area contributed by atoms with Gasteiger partial charge in [0.15, 0.2) is 0 Å². The highest BCUT2D eigenvalue weighted by Gasteiger charge is 2.26. The Bertz CT molecular complexity index is 853. The average Bonchev–Trinajstić information content (AvgIpc) is 3.17. The molecule has 0 aliphatic carbocycles. The van der Waals surface area contributed by atoms with Crippen molar-refractivity contribution >= 4 is 38.9 Å². The number of thiazole rings is 1. The maximum absolute atomic E-state index is 12.5. The Morgan fingerprint density at radius 1 is 1.46 bits per heavy atom. The minimum Gasteiger partial charge on any atom is -0.371 e. The first kappa shape index (κ1) is 17.3. The molecule has 1 fully saturated rings. The van der Waals surface area contributed by atoms with E-state index in [9.17, 15) is 13.2 Å². The highest BCUT2D eigenvalue weighted by molar-refractivity contribution is 7.90. The van der Waals surface area contributed by atoms with Gasteiger partial charge in [-0.05, 0) is 31.4 Å². The first-order chi connectivity index (χ1) is 11.4. The van der Waals surface area contributed by atoms with Crippen LogP contribution >= 0.6 is 22.9 Å². The van der Waals surface area contributed by atoms with Gasteiger partial charge in [0.1, 0.15) is 21.7 Å². The van der Waals surface area contributed by atoms with Gasteiger partial charge in [0.2, 0.25) is 0 Å². The van der Waals surface area contributed by atoms with Gasteiger partial charge in [0.25, 0.3) is 15.9 Å². The summed E-state index contributed by atoms with van der Waals surface area (Å²) in [6.07, 6.45) is 1.69. The van der Waals surface area contributed by atoms with Crippen LogP contribution in [0.4, 0.5) is 0 Å². The van der Waals surface area contributed by atoms with E-state index >= 15 is 0 Å². The van der Waals surface area contributed by atoms with Crippen molar-refractivity contribution in [1.29, 1.82) is 0 Å². The Morgan fingerprint density at radius 2 is 2.25 bits per heavy atom. The minimum atomic E-state index is -4.08. The van der Waals surface area contributed by atoms with Crippen molar-refractivity contribution < 1.29 is 17.9 Å². The molecule has 1 aliphatic heterocycles. The van der Waals surface area contributed by atoms with Crippen LogP contribution in [0.3, 0.4) is 0 Å². The molecule has 1 atom stereocenters. The minimum absolute atomic E-state index is 0.0544. The number of nitrogens with zero attached hydrogens (tertiary/aromatic N) is 1. The Labute approximate surface area is 148 Å². The number of halogens is 1. The van der Waals surface area contributed by atoms with Crippen LogP contribution < -0.4 is 4.72 Å². The summed E-state index contributed by atoms with van der Waals surface area (Å²) in [7, 11) is -4.08. The van der Waals surface area contributed by atoms with Crippen LogP contribution in [0, 0.1) is 6.92 Å². The zero-order valence-electron chi connectivity index (χ0n) is 12.8. The normalized spacial score (nSPS) is 17.8. The van der Waals surface area contributed by atoms with Crippen molar-refractivity contribution in [1.82, 2.24) is 9.71 Å². The SMILES string of the molecule is Cc1cccc(Cl)c1S(=O)(=O)NC(=O)c1csc([C@@H]2CCCO2)n1. The van der Waals surface area contributed by atoms with Gasteiger partial charge in [-0.15, -0.1) is 11.3 Å². The highest BCUT2D eigenvalue weighted by Crippen LogP contribution is 2.31. The number of carbonyl (C=O) groups is 1. The molecule has 24 heavy (non-hydrogen) atoms. The van der Waals surface area contributed by atoms with E-state index in [1.807, 2.05) is 4.72 Å². The fourth-order valence-corrected chi connectivity index (χ4v) is 5.17. The summed E-state index contributed by atoms with van der Waals surface area (Å²) < 4.78 is 32.5. The molecule has 1 amide bonds. The zero-order valence-corrected chi connectivity index (χ0v) is 15.2. The van der Waals surface area contributed by atoms with Crippen LogP contribution in [0.15, 0.2) is 28.5 Å². The van der Waals surface area contributed by atoms with E-state index in [2.05, 4.69) is 4.98 Å². The fraction of sp³-hybridized carbons (Fsp3) is 0.333. The smallest absolute Gasteiger partial charge is 0.284 e. The van der Waals surface area contributed by atoms with Gasteiger partial charge in [-0.2, -0.15) is 0 Å². The van der Waals surface area contributed by atoms with Crippen molar-refractivity contribution in [2.45, 2.75) is 30.8 Å². The molecular formula is C15H15ClN2O4S2. The second-order valence-electron chi connectivity index (χ2n) is 5.39. The summed E-state index contributed by atoms with van der Waals surface area (Å²) in [5.74, 6) is -0.783. The number of benzene rings is 1. The molecule has 0 spiro atoms. The third-order valence-corrected chi connectivity index (χ3v) is 6.52. The Morgan fingerprint density at radius 3 is 2.92 bits per heavy atom. The predicted molar refractivity (Wildman–Crippen MR) is 90.9 cm³/mol. The lowest BCUT2D eigenvalue weighted by molar-refractivity contribution is 0.0973. The molecular weight excluding hydrogens is 372 g/mol. The van der Waals surface area contributed by atoms with E-state index < -0.39 is 15.9 Å². The van der Waals surface area contributed by atoms with Crippen molar-refractivity contribution in [3.8, 4) is 0 Å². The first-order valence-corrected chi connectivity index (χ1v) is 10.0. The topological polar surface area (TPSA) is 85.4 Å². The largest absolute Gasteiger partial charge is 0.371 e. The number of nitrogens with one attached hydrogen (secondary N) is 1. The molecule has 9 heteroatoms. The number of aromatic nitrogens is 1. The molecule has 0 unspecified atom stereocenters. The Kier molecular flexibility index (Phi) is 4.91. The lowest BCUT2D eigenvalue weighted by Gasteiger charge is -2.10. The molecule has 6 nitrogen and oxygen atoms in total. The van der Waals surface area contributed by atoms with Gasteiger partial charge < -0.3 is 4.74 Å². The number of amides is 1. The Balaban J connectivity index is 1.81. The molecule has 128 valence electrons. The van der Waals surface area contributed by atoms with Crippen LogP contribution in [0.25, 0.3) is 0 Å². The number of aryl methyl sites for hydroxylation is 1. The van der Waals surface area contributed by atoms with Gasteiger partial charge in [0.05, 0.1) is 5.02 Å². The molecule has 3 rings (SSSR count). The quantitative estimate of drug-likeness (QED) is 0.872. The van der Waals surface area contributed by atoms with Gasteiger partial charge >= 0.3 is 0 Å². The molecule has 1 N–H and O–H groups in total.